The molecule has 0 bridgehead atoms. The highest BCUT2D eigenvalue weighted by Crippen LogP contribution is 2.24. The van der Waals surface area contributed by atoms with Crippen LogP contribution in [0.1, 0.15) is 10.6 Å². The highest BCUT2D eigenvalue weighted by molar-refractivity contribution is 6.00. The lowest BCUT2D eigenvalue weighted by Gasteiger charge is -2.36. The standard InChI is InChI=1S/C24H25F3N6O4/c1-31-15-20(30-23(35)28-16-3-7-19(8-4-16)37-24(25,26)27)29-21(31)22(34)33-13-11-32(12-14-33)17-5-9-18(36-2)10-6-17/h3-10,15H,11-14H2,1-2H3,(H2,28,30,35). The van der Waals surface area contributed by atoms with E-state index in [9.17, 15) is 22.8 Å². The van der Waals surface area contributed by atoms with Gasteiger partial charge >= 0.3 is 12.4 Å². The van der Waals surface area contributed by atoms with E-state index in [0.29, 0.717) is 26.2 Å². The van der Waals surface area contributed by atoms with E-state index in [-0.39, 0.29) is 23.2 Å². The molecule has 0 spiro atoms. The third kappa shape index (κ3) is 6.63. The Balaban J connectivity index is 1.31. The van der Waals surface area contributed by atoms with Gasteiger partial charge in [-0.3, -0.25) is 10.1 Å². The molecule has 3 amide bonds. The topological polar surface area (TPSA) is 101 Å². The Hall–Kier alpha value is -4.42. The van der Waals surface area contributed by atoms with Crippen molar-refractivity contribution in [3.8, 4) is 11.5 Å². The first-order chi connectivity index (χ1) is 17.6. The van der Waals surface area contributed by atoms with Gasteiger partial charge in [-0.1, -0.05) is 0 Å². The summed E-state index contributed by atoms with van der Waals surface area (Å²) in [6.45, 7) is 2.33. The van der Waals surface area contributed by atoms with Crippen LogP contribution in [0.15, 0.2) is 54.7 Å². The fourth-order valence-corrected chi connectivity index (χ4v) is 3.85. The number of methoxy groups -OCH3 is 1. The van der Waals surface area contributed by atoms with Crippen LogP contribution in [0.25, 0.3) is 0 Å². The summed E-state index contributed by atoms with van der Waals surface area (Å²) in [4.78, 5) is 33.5. The number of halogens is 3. The van der Waals surface area contributed by atoms with E-state index >= 15 is 0 Å². The van der Waals surface area contributed by atoms with E-state index < -0.39 is 18.1 Å². The fourth-order valence-electron chi connectivity index (χ4n) is 3.85. The van der Waals surface area contributed by atoms with Gasteiger partial charge in [0.2, 0.25) is 5.82 Å². The van der Waals surface area contributed by atoms with Gasteiger partial charge in [-0.25, -0.2) is 9.78 Å². The largest absolute Gasteiger partial charge is 0.573 e. The van der Waals surface area contributed by atoms with Crippen molar-refractivity contribution in [2.24, 2.45) is 7.05 Å². The van der Waals surface area contributed by atoms with Crippen LogP contribution in [0.3, 0.4) is 0 Å². The number of aromatic nitrogens is 2. The van der Waals surface area contributed by atoms with Crippen molar-refractivity contribution < 1.29 is 32.2 Å². The van der Waals surface area contributed by atoms with Gasteiger partial charge in [-0.05, 0) is 48.5 Å². The van der Waals surface area contributed by atoms with Crippen molar-refractivity contribution in [1.29, 1.82) is 0 Å². The average molecular weight is 518 g/mol. The second kappa shape index (κ2) is 10.7. The molecule has 2 N–H and O–H groups in total. The minimum atomic E-state index is -4.80. The molecule has 1 aliphatic rings. The second-order valence-corrected chi connectivity index (χ2v) is 8.19. The van der Waals surface area contributed by atoms with Gasteiger partial charge in [-0.2, -0.15) is 0 Å². The lowest BCUT2D eigenvalue weighted by molar-refractivity contribution is -0.274. The molecule has 13 heteroatoms. The van der Waals surface area contributed by atoms with Crippen molar-refractivity contribution in [3.05, 3.63) is 60.6 Å². The predicted octanol–water partition coefficient (Wildman–Crippen LogP) is 3.93. The minimum absolute atomic E-state index is 0.150. The summed E-state index contributed by atoms with van der Waals surface area (Å²) in [6, 6.07) is 11.7. The van der Waals surface area contributed by atoms with E-state index in [2.05, 4.69) is 25.3 Å². The van der Waals surface area contributed by atoms with Gasteiger partial charge in [0.1, 0.15) is 11.5 Å². The zero-order valence-corrected chi connectivity index (χ0v) is 20.1. The van der Waals surface area contributed by atoms with E-state index in [1.165, 1.54) is 22.9 Å². The van der Waals surface area contributed by atoms with Crippen LogP contribution in [0, 0.1) is 0 Å². The van der Waals surface area contributed by atoms with Crippen molar-refractivity contribution in [3.63, 3.8) is 0 Å². The van der Waals surface area contributed by atoms with E-state index in [4.69, 9.17) is 4.74 Å². The molecule has 0 saturated carbocycles. The molecule has 196 valence electrons. The Morgan fingerprint density at radius 3 is 2.14 bits per heavy atom. The molecule has 3 aromatic rings. The number of rotatable bonds is 6. The maximum Gasteiger partial charge on any atom is 0.573 e. The van der Waals surface area contributed by atoms with Crippen LogP contribution < -0.4 is 25.0 Å². The Morgan fingerprint density at radius 1 is 0.919 bits per heavy atom. The molecular formula is C24H25F3N6O4. The number of carbonyl (C=O) groups excluding carboxylic acids is 2. The third-order valence-corrected chi connectivity index (χ3v) is 5.66. The van der Waals surface area contributed by atoms with Crippen LogP contribution in [0.2, 0.25) is 0 Å². The minimum Gasteiger partial charge on any atom is -0.497 e. The zero-order valence-electron chi connectivity index (χ0n) is 20.1. The van der Waals surface area contributed by atoms with Crippen LogP contribution in [0.5, 0.6) is 11.5 Å². The van der Waals surface area contributed by atoms with Gasteiger partial charge in [0.05, 0.1) is 7.11 Å². The number of benzene rings is 2. The molecule has 0 aliphatic carbocycles. The summed E-state index contributed by atoms with van der Waals surface area (Å²) in [5, 5.41) is 5.00. The molecule has 0 atom stereocenters. The summed E-state index contributed by atoms with van der Waals surface area (Å²) < 4.78 is 47.3. The van der Waals surface area contributed by atoms with E-state index in [0.717, 1.165) is 23.6 Å². The molecule has 2 aromatic carbocycles. The summed E-state index contributed by atoms with van der Waals surface area (Å²) >= 11 is 0. The number of imidazole rings is 1. The van der Waals surface area contributed by atoms with Crippen LogP contribution >= 0.6 is 0 Å². The van der Waals surface area contributed by atoms with Gasteiger partial charge in [0.15, 0.2) is 5.82 Å². The Morgan fingerprint density at radius 2 is 1.54 bits per heavy atom. The zero-order chi connectivity index (χ0) is 26.6. The lowest BCUT2D eigenvalue weighted by atomic mass is 10.2. The summed E-state index contributed by atoms with van der Waals surface area (Å²) in [5.41, 5.74) is 1.29. The number of anilines is 3. The number of hydrogen-bond donors (Lipinski definition) is 2. The van der Waals surface area contributed by atoms with Gasteiger partial charge < -0.3 is 29.2 Å². The molecule has 1 aliphatic heterocycles. The van der Waals surface area contributed by atoms with Gasteiger partial charge in [0.25, 0.3) is 5.91 Å². The van der Waals surface area contributed by atoms with E-state index in [1.54, 1.807) is 19.1 Å². The Kier molecular flexibility index (Phi) is 7.41. The van der Waals surface area contributed by atoms with E-state index in [1.807, 2.05) is 24.3 Å². The molecule has 0 radical (unpaired) electrons. The first-order valence-corrected chi connectivity index (χ1v) is 11.3. The number of aryl methyl sites for hydroxylation is 1. The number of amides is 3. The summed E-state index contributed by atoms with van der Waals surface area (Å²) in [6.07, 6.45) is -3.30. The molecule has 4 rings (SSSR count). The van der Waals surface area contributed by atoms with Crippen molar-refractivity contribution in [2.75, 3.05) is 48.8 Å². The summed E-state index contributed by atoms with van der Waals surface area (Å²) in [7, 11) is 3.26. The Labute approximate surface area is 210 Å². The number of piperazine rings is 1. The van der Waals surface area contributed by atoms with Crippen LogP contribution in [-0.4, -0.2) is 66.0 Å². The first-order valence-electron chi connectivity index (χ1n) is 11.3. The molecular weight excluding hydrogens is 493 g/mol. The maximum atomic E-state index is 13.1. The monoisotopic (exact) mass is 518 g/mol. The normalized spacial score (nSPS) is 13.8. The average Bonchev–Trinajstić information content (AvgIpc) is 3.23. The first kappa shape index (κ1) is 25.7. The van der Waals surface area contributed by atoms with Crippen LogP contribution in [0.4, 0.5) is 35.2 Å². The van der Waals surface area contributed by atoms with Crippen LogP contribution in [-0.2, 0) is 7.05 Å². The number of nitrogens with one attached hydrogen (secondary N) is 2. The molecule has 10 nitrogen and oxygen atoms in total. The summed E-state index contributed by atoms with van der Waals surface area (Å²) in [5.74, 6) is 0.430. The quantitative estimate of drug-likeness (QED) is 0.513. The van der Waals surface area contributed by atoms with Gasteiger partial charge in [-0.15, -0.1) is 13.2 Å². The van der Waals surface area contributed by atoms with Crippen molar-refractivity contribution >= 4 is 29.1 Å². The van der Waals surface area contributed by atoms with Crippen molar-refractivity contribution in [2.45, 2.75) is 6.36 Å². The maximum absolute atomic E-state index is 13.1. The second-order valence-electron chi connectivity index (χ2n) is 8.19. The Bertz CT molecular complexity index is 1240. The molecule has 1 aromatic heterocycles. The third-order valence-electron chi connectivity index (χ3n) is 5.66. The number of hydrogen-bond acceptors (Lipinski definition) is 6. The molecule has 1 saturated heterocycles. The highest BCUT2D eigenvalue weighted by atomic mass is 19.4. The predicted molar refractivity (Wildman–Crippen MR) is 130 cm³/mol. The smallest absolute Gasteiger partial charge is 0.497 e. The number of ether oxygens (including phenoxy) is 2. The molecule has 0 unspecified atom stereocenters. The van der Waals surface area contributed by atoms with Crippen molar-refractivity contribution in [1.82, 2.24) is 14.5 Å². The fraction of sp³-hybridized carbons (Fsp3) is 0.292. The number of nitrogens with zero attached hydrogens (tertiary/aromatic N) is 4. The highest BCUT2D eigenvalue weighted by Gasteiger charge is 2.31. The number of urea groups is 1. The molecule has 2 heterocycles. The lowest BCUT2D eigenvalue weighted by Crippen LogP contribution is -2.49. The van der Waals surface area contributed by atoms with Gasteiger partial charge in [0, 0.05) is 50.8 Å². The number of carbonyl (C=O) groups is 2. The SMILES string of the molecule is COc1ccc(N2CCN(C(=O)c3nc(NC(=O)Nc4ccc(OC(F)(F)F)cc4)cn3C)CC2)cc1. The molecule has 37 heavy (non-hydrogen) atoms. The number of alkyl halides is 3. The molecule has 1 fully saturated rings.